The highest BCUT2D eigenvalue weighted by atomic mass is 16.4. The van der Waals surface area contributed by atoms with Crippen molar-refractivity contribution in [3.63, 3.8) is 0 Å². The van der Waals surface area contributed by atoms with Gasteiger partial charge in [0, 0.05) is 53.3 Å². The fraction of sp³-hybridized carbons (Fsp3) is 0.190. The number of nitrogens with one attached hydrogen (secondary N) is 1. The van der Waals surface area contributed by atoms with E-state index in [1.165, 1.54) is 0 Å². The zero-order valence-electron chi connectivity index (χ0n) is 15.7. The van der Waals surface area contributed by atoms with Crippen LogP contribution in [-0.2, 0) is 4.79 Å². The van der Waals surface area contributed by atoms with E-state index in [4.69, 9.17) is 0 Å². The lowest BCUT2D eigenvalue weighted by Crippen LogP contribution is -2.07. The van der Waals surface area contributed by atoms with E-state index in [0.29, 0.717) is 29.6 Å². The zero-order chi connectivity index (χ0) is 20.0. The van der Waals surface area contributed by atoms with Crippen LogP contribution in [0, 0.1) is 12.8 Å². The molecule has 0 aliphatic heterocycles. The fourth-order valence-electron chi connectivity index (χ4n) is 3.71. The van der Waals surface area contributed by atoms with Crippen molar-refractivity contribution in [2.24, 2.45) is 11.1 Å². The minimum absolute atomic E-state index is 0.303. The van der Waals surface area contributed by atoms with E-state index in [0.717, 1.165) is 46.1 Å². The van der Waals surface area contributed by atoms with Crippen molar-refractivity contribution < 1.29 is 10.0 Å². The van der Waals surface area contributed by atoms with Gasteiger partial charge in [-0.05, 0) is 37.5 Å². The van der Waals surface area contributed by atoms with Gasteiger partial charge in [-0.15, -0.1) is 0 Å². The summed E-state index contributed by atoms with van der Waals surface area (Å²) >= 11 is 0. The molecule has 1 fully saturated rings. The number of aromatic nitrogens is 4. The van der Waals surface area contributed by atoms with Crippen LogP contribution < -0.4 is 5.32 Å². The maximum absolute atomic E-state index is 10.7. The Morgan fingerprint density at radius 2 is 2.07 bits per heavy atom. The van der Waals surface area contributed by atoms with Gasteiger partial charge in [-0.1, -0.05) is 5.16 Å². The Balaban J connectivity index is 1.67. The number of hydrogen-bond donors (Lipinski definition) is 2. The molecule has 0 atom stereocenters. The van der Waals surface area contributed by atoms with Gasteiger partial charge < -0.3 is 10.5 Å². The number of rotatable bonds is 5. The second kappa shape index (κ2) is 6.66. The lowest BCUT2D eigenvalue weighted by atomic mass is 10.0. The molecule has 0 saturated heterocycles. The predicted molar refractivity (Wildman–Crippen MR) is 109 cm³/mol. The highest BCUT2D eigenvalue weighted by Gasteiger charge is 2.30. The molecule has 1 aliphatic carbocycles. The molecule has 0 unspecified atom stereocenters. The predicted octanol–water partition coefficient (Wildman–Crippen LogP) is 3.41. The van der Waals surface area contributed by atoms with Crippen LogP contribution in [0.1, 0.15) is 24.1 Å². The Morgan fingerprint density at radius 3 is 2.79 bits per heavy atom. The fourth-order valence-corrected chi connectivity index (χ4v) is 3.71. The van der Waals surface area contributed by atoms with Crippen LogP contribution in [0.3, 0.4) is 0 Å². The number of nitrogens with zero attached hydrogens (tertiary/aromatic N) is 5. The van der Waals surface area contributed by atoms with Gasteiger partial charge >= 0.3 is 0 Å². The van der Waals surface area contributed by atoms with Crippen molar-refractivity contribution >= 4 is 34.5 Å². The van der Waals surface area contributed by atoms with E-state index in [2.05, 4.69) is 25.4 Å². The molecule has 0 radical (unpaired) electrons. The smallest absolute Gasteiger partial charge is 0.212 e. The minimum Gasteiger partial charge on any atom is -0.411 e. The highest BCUT2D eigenvalue weighted by molar-refractivity contribution is 6.02. The third-order valence-corrected chi connectivity index (χ3v) is 5.29. The van der Waals surface area contributed by atoms with Gasteiger partial charge in [0.2, 0.25) is 6.41 Å². The zero-order valence-corrected chi connectivity index (χ0v) is 15.7. The van der Waals surface area contributed by atoms with Crippen molar-refractivity contribution in [2.75, 3.05) is 5.32 Å². The number of hydrogen-bond acceptors (Lipinski definition) is 6. The van der Waals surface area contributed by atoms with Crippen LogP contribution in [0.5, 0.6) is 0 Å². The lowest BCUT2D eigenvalue weighted by Gasteiger charge is -2.12. The molecule has 144 valence electrons. The van der Waals surface area contributed by atoms with Crippen LogP contribution in [0.4, 0.5) is 5.82 Å². The van der Waals surface area contributed by atoms with Gasteiger partial charge in [-0.25, -0.2) is 9.97 Å². The third kappa shape index (κ3) is 2.89. The first-order valence-corrected chi connectivity index (χ1v) is 9.35. The molecule has 4 aromatic rings. The maximum Gasteiger partial charge on any atom is 0.212 e. The Labute approximate surface area is 165 Å². The number of fused-ring (bicyclic) bond motifs is 3. The third-order valence-electron chi connectivity index (χ3n) is 5.29. The molecule has 4 aromatic heterocycles. The van der Waals surface area contributed by atoms with Crippen molar-refractivity contribution in [3.8, 4) is 11.1 Å². The molecule has 0 bridgehead atoms. The Kier molecular flexibility index (Phi) is 3.97. The van der Waals surface area contributed by atoms with E-state index < -0.39 is 0 Å². The molecule has 29 heavy (non-hydrogen) atoms. The monoisotopic (exact) mass is 386 g/mol. The summed E-state index contributed by atoms with van der Waals surface area (Å²) in [6.45, 7) is 2.02. The van der Waals surface area contributed by atoms with Gasteiger partial charge in [0.05, 0.1) is 11.2 Å². The van der Waals surface area contributed by atoms with Gasteiger partial charge in [0.25, 0.3) is 0 Å². The van der Waals surface area contributed by atoms with E-state index in [-0.39, 0.29) is 0 Å². The summed E-state index contributed by atoms with van der Waals surface area (Å²) in [4.78, 5) is 24.1. The quantitative estimate of drug-likeness (QED) is 0.237. The minimum atomic E-state index is 0.303. The first kappa shape index (κ1) is 17.3. The standard InChI is InChI=1S/C21H18N6O2/c1-12-6-17(20(26-29)13-2-3-13)23-10-16(12)15-7-14-9-24-19(25-11-28)8-18(14)27-5-4-22-21(15)27/h4-11,13,29H,2-3H2,1H3,(H,24,25,28)/b26-20+. The molecule has 8 nitrogen and oxygen atoms in total. The number of carbonyl (C=O) groups is 1. The summed E-state index contributed by atoms with van der Waals surface area (Å²) < 4.78 is 1.97. The summed E-state index contributed by atoms with van der Waals surface area (Å²) in [7, 11) is 0. The van der Waals surface area contributed by atoms with Crippen LogP contribution in [0.15, 0.2) is 48.1 Å². The summed E-state index contributed by atoms with van der Waals surface area (Å²) in [6, 6.07) is 5.80. The summed E-state index contributed by atoms with van der Waals surface area (Å²) in [6.07, 6.45) is 9.84. The topological polar surface area (TPSA) is 105 Å². The van der Waals surface area contributed by atoms with E-state index >= 15 is 0 Å². The van der Waals surface area contributed by atoms with E-state index in [1.807, 2.05) is 41.9 Å². The van der Waals surface area contributed by atoms with Gasteiger partial charge in [0.15, 0.2) is 0 Å². The molecule has 8 heteroatoms. The molecule has 1 amide bonds. The molecule has 4 heterocycles. The summed E-state index contributed by atoms with van der Waals surface area (Å²) in [5.41, 5.74) is 5.96. The molecule has 0 spiro atoms. The number of pyridine rings is 3. The molecular formula is C21H18N6O2. The first-order chi connectivity index (χ1) is 14.2. The van der Waals surface area contributed by atoms with Crippen LogP contribution >= 0.6 is 0 Å². The lowest BCUT2D eigenvalue weighted by molar-refractivity contribution is -0.105. The molecule has 1 aliphatic rings. The van der Waals surface area contributed by atoms with Gasteiger partial charge in [-0.3, -0.25) is 14.2 Å². The molecule has 1 saturated carbocycles. The van der Waals surface area contributed by atoms with Crippen molar-refractivity contribution in [2.45, 2.75) is 19.8 Å². The largest absolute Gasteiger partial charge is 0.411 e. The van der Waals surface area contributed by atoms with E-state index in [9.17, 15) is 10.0 Å². The number of imidazole rings is 1. The van der Waals surface area contributed by atoms with E-state index in [1.54, 1.807) is 12.4 Å². The Hall–Kier alpha value is -3.81. The number of carbonyl (C=O) groups excluding carboxylic acids is 1. The molecule has 0 aromatic carbocycles. The number of aryl methyl sites for hydroxylation is 1. The molecular weight excluding hydrogens is 368 g/mol. The average molecular weight is 386 g/mol. The van der Waals surface area contributed by atoms with Crippen LogP contribution in [0.2, 0.25) is 0 Å². The number of oxime groups is 1. The number of amides is 1. The highest BCUT2D eigenvalue weighted by Crippen LogP contribution is 2.35. The summed E-state index contributed by atoms with van der Waals surface area (Å²) in [5.74, 6) is 0.783. The Morgan fingerprint density at radius 1 is 1.21 bits per heavy atom. The maximum atomic E-state index is 10.7. The van der Waals surface area contributed by atoms with Crippen molar-refractivity contribution in [1.29, 1.82) is 0 Å². The van der Waals surface area contributed by atoms with Gasteiger partial charge in [0.1, 0.15) is 17.2 Å². The van der Waals surface area contributed by atoms with Gasteiger partial charge in [-0.2, -0.15) is 0 Å². The van der Waals surface area contributed by atoms with Crippen molar-refractivity contribution in [3.05, 3.63) is 54.2 Å². The second-order valence-corrected chi connectivity index (χ2v) is 7.21. The normalized spacial score (nSPS) is 14.4. The molecule has 5 rings (SSSR count). The SMILES string of the molecule is Cc1cc(/C(=N/O)C2CC2)ncc1-c1cc2cnc(NC=O)cc2n2ccnc12. The van der Waals surface area contributed by atoms with Crippen LogP contribution in [-0.4, -0.2) is 36.7 Å². The first-order valence-electron chi connectivity index (χ1n) is 9.35. The van der Waals surface area contributed by atoms with Crippen LogP contribution in [0.25, 0.3) is 27.7 Å². The average Bonchev–Trinajstić information content (AvgIpc) is 3.43. The number of anilines is 1. The molecule has 2 N–H and O–H groups in total. The van der Waals surface area contributed by atoms with Crippen molar-refractivity contribution in [1.82, 2.24) is 19.4 Å². The second-order valence-electron chi connectivity index (χ2n) is 7.21. The Bertz CT molecular complexity index is 1290. The summed E-state index contributed by atoms with van der Waals surface area (Å²) in [5, 5.41) is 16.3.